The smallest absolute Gasteiger partial charge is 0.312 e. The van der Waals surface area contributed by atoms with Gasteiger partial charge < -0.3 is 14.2 Å². The third kappa shape index (κ3) is 9.24. The van der Waals surface area contributed by atoms with Crippen LogP contribution < -0.4 is 0 Å². The first kappa shape index (κ1) is 21.9. The highest BCUT2D eigenvalue weighted by Gasteiger charge is 2.30. The summed E-state index contributed by atoms with van der Waals surface area (Å²) in [4.78, 5) is 24.6. The molecule has 1 aliphatic rings. The predicted octanol–water partition coefficient (Wildman–Crippen LogP) is 4.13. The SMILES string of the molecule is CC(C)CC[C@@H]1CCCOC[C@H](CC(=O)OC(C)(C)C)C(=O)OC1C. The molecule has 5 nitrogen and oxygen atoms in total. The van der Waals surface area contributed by atoms with Crippen molar-refractivity contribution in [3.05, 3.63) is 0 Å². The molecule has 0 spiro atoms. The van der Waals surface area contributed by atoms with Gasteiger partial charge in [0.25, 0.3) is 0 Å². The maximum absolute atomic E-state index is 12.5. The average molecular weight is 357 g/mol. The standard InChI is InChI=1S/C20H36O5/c1-14(2)9-10-16-8-7-11-23-13-17(19(22)24-15(16)3)12-18(21)25-20(4,5)6/h14-17H,7-13H2,1-6H3/t15?,16-,17-/m0/s1. The number of cyclic esters (lactones) is 1. The molecular weight excluding hydrogens is 320 g/mol. The molecule has 0 aliphatic carbocycles. The van der Waals surface area contributed by atoms with Crippen molar-refractivity contribution in [1.29, 1.82) is 0 Å². The number of rotatable bonds is 5. The largest absolute Gasteiger partial charge is 0.462 e. The summed E-state index contributed by atoms with van der Waals surface area (Å²) in [6.07, 6.45) is 3.98. The van der Waals surface area contributed by atoms with E-state index in [1.807, 2.05) is 27.7 Å². The molecule has 1 aliphatic heterocycles. The highest BCUT2D eigenvalue weighted by molar-refractivity contribution is 5.80. The molecule has 0 saturated carbocycles. The molecule has 1 unspecified atom stereocenters. The van der Waals surface area contributed by atoms with E-state index in [0.717, 1.165) is 25.7 Å². The molecule has 25 heavy (non-hydrogen) atoms. The number of carbonyl (C=O) groups excluding carboxylic acids is 2. The van der Waals surface area contributed by atoms with Crippen LogP contribution >= 0.6 is 0 Å². The molecular formula is C20H36O5. The van der Waals surface area contributed by atoms with Crippen LogP contribution in [0.5, 0.6) is 0 Å². The second-order valence-electron chi connectivity index (χ2n) is 8.58. The Balaban J connectivity index is 2.67. The first-order chi connectivity index (χ1) is 11.6. The summed E-state index contributed by atoms with van der Waals surface area (Å²) in [5.74, 6) is -0.361. The first-order valence-corrected chi connectivity index (χ1v) is 9.58. The molecule has 0 aromatic heterocycles. The molecule has 0 aromatic rings. The Labute approximate surface area is 152 Å². The molecule has 5 heteroatoms. The molecule has 0 N–H and O–H groups in total. The van der Waals surface area contributed by atoms with Gasteiger partial charge >= 0.3 is 11.9 Å². The van der Waals surface area contributed by atoms with Gasteiger partial charge in [-0.15, -0.1) is 0 Å². The molecule has 0 bridgehead atoms. The van der Waals surface area contributed by atoms with Crippen LogP contribution in [0.4, 0.5) is 0 Å². The van der Waals surface area contributed by atoms with Crippen molar-refractivity contribution in [3.63, 3.8) is 0 Å². The lowest BCUT2D eigenvalue weighted by atomic mass is 9.89. The molecule has 1 heterocycles. The van der Waals surface area contributed by atoms with Gasteiger partial charge in [0.15, 0.2) is 0 Å². The topological polar surface area (TPSA) is 61.8 Å². The molecule has 0 amide bonds. The summed E-state index contributed by atoms with van der Waals surface area (Å²) in [6, 6.07) is 0. The Kier molecular flexibility index (Phi) is 8.91. The van der Waals surface area contributed by atoms with Gasteiger partial charge in [-0.3, -0.25) is 9.59 Å². The highest BCUT2D eigenvalue weighted by atomic mass is 16.6. The Morgan fingerprint density at radius 2 is 2.00 bits per heavy atom. The van der Waals surface area contributed by atoms with Gasteiger partial charge in [-0.1, -0.05) is 20.3 Å². The molecule has 1 fully saturated rings. The Morgan fingerprint density at radius 1 is 1.32 bits per heavy atom. The molecule has 146 valence electrons. The van der Waals surface area contributed by atoms with E-state index in [1.165, 1.54) is 0 Å². The van der Waals surface area contributed by atoms with Gasteiger partial charge in [-0.2, -0.15) is 0 Å². The van der Waals surface area contributed by atoms with Crippen LogP contribution in [-0.2, 0) is 23.8 Å². The summed E-state index contributed by atoms with van der Waals surface area (Å²) in [7, 11) is 0. The number of ether oxygens (including phenoxy) is 3. The maximum Gasteiger partial charge on any atom is 0.312 e. The first-order valence-electron chi connectivity index (χ1n) is 9.58. The Morgan fingerprint density at radius 3 is 2.60 bits per heavy atom. The minimum Gasteiger partial charge on any atom is -0.462 e. The predicted molar refractivity (Wildman–Crippen MR) is 97.1 cm³/mol. The highest BCUT2D eigenvalue weighted by Crippen LogP contribution is 2.25. The lowest BCUT2D eigenvalue weighted by Crippen LogP contribution is -2.34. The van der Waals surface area contributed by atoms with Gasteiger partial charge in [-0.25, -0.2) is 0 Å². The minimum atomic E-state index is -0.596. The van der Waals surface area contributed by atoms with Crippen LogP contribution in [0.1, 0.15) is 73.6 Å². The second-order valence-corrected chi connectivity index (χ2v) is 8.58. The summed E-state index contributed by atoms with van der Waals surface area (Å²) in [5.41, 5.74) is -0.562. The molecule has 1 saturated heterocycles. The maximum atomic E-state index is 12.5. The van der Waals surface area contributed by atoms with Crippen molar-refractivity contribution in [2.75, 3.05) is 13.2 Å². The van der Waals surface area contributed by atoms with Crippen LogP contribution in [0.2, 0.25) is 0 Å². The zero-order valence-corrected chi connectivity index (χ0v) is 16.8. The third-order valence-corrected chi connectivity index (χ3v) is 4.43. The summed E-state index contributed by atoms with van der Waals surface area (Å²) >= 11 is 0. The third-order valence-electron chi connectivity index (χ3n) is 4.43. The van der Waals surface area contributed by atoms with Crippen molar-refractivity contribution in [3.8, 4) is 0 Å². The average Bonchev–Trinajstić information content (AvgIpc) is 2.45. The van der Waals surface area contributed by atoms with Gasteiger partial charge in [0.05, 0.1) is 18.9 Å². The normalized spacial score (nSPS) is 26.2. The van der Waals surface area contributed by atoms with Gasteiger partial charge in [0.2, 0.25) is 0 Å². The molecule has 0 aromatic carbocycles. The zero-order chi connectivity index (χ0) is 19.0. The quantitative estimate of drug-likeness (QED) is 0.693. The summed E-state index contributed by atoms with van der Waals surface area (Å²) in [6.45, 7) is 12.6. The fourth-order valence-electron chi connectivity index (χ4n) is 3.00. The van der Waals surface area contributed by atoms with Crippen molar-refractivity contribution >= 4 is 11.9 Å². The minimum absolute atomic E-state index is 0.000512. The van der Waals surface area contributed by atoms with Crippen molar-refractivity contribution in [2.24, 2.45) is 17.8 Å². The van der Waals surface area contributed by atoms with E-state index in [1.54, 1.807) is 0 Å². The zero-order valence-electron chi connectivity index (χ0n) is 16.8. The monoisotopic (exact) mass is 356 g/mol. The van der Waals surface area contributed by atoms with Crippen molar-refractivity contribution < 1.29 is 23.8 Å². The van der Waals surface area contributed by atoms with Crippen LogP contribution in [0, 0.1) is 17.8 Å². The fraction of sp³-hybridized carbons (Fsp3) is 0.900. The van der Waals surface area contributed by atoms with Crippen LogP contribution in [0.25, 0.3) is 0 Å². The number of esters is 2. The summed E-state index contributed by atoms with van der Waals surface area (Å²) < 4.78 is 16.6. The van der Waals surface area contributed by atoms with Gasteiger partial charge in [-0.05, 0) is 58.8 Å². The van der Waals surface area contributed by atoms with Gasteiger partial charge in [0, 0.05) is 6.61 Å². The van der Waals surface area contributed by atoms with Gasteiger partial charge in [0.1, 0.15) is 11.7 Å². The fourth-order valence-corrected chi connectivity index (χ4v) is 3.00. The van der Waals surface area contributed by atoms with E-state index in [4.69, 9.17) is 14.2 Å². The van der Waals surface area contributed by atoms with Crippen molar-refractivity contribution in [2.45, 2.75) is 85.4 Å². The lowest BCUT2D eigenvalue weighted by Gasteiger charge is -2.28. The van der Waals surface area contributed by atoms with E-state index in [2.05, 4.69) is 13.8 Å². The van der Waals surface area contributed by atoms with E-state index in [0.29, 0.717) is 18.4 Å². The van der Waals surface area contributed by atoms with Crippen molar-refractivity contribution in [1.82, 2.24) is 0 Å². The Hall–Kier alpha value is -1.10. The lowest BCUT2D eigenvalue weighted by molar-refractivity contribution is -0.167. The molecule has 3 atom stereocenters. The second kappa shape index (κ2) is 10.1. The molecule has 1 rings (SSSR count). The Bertz CT molecular complexity index is 424. The van der Waals surface area contributed by atoms with E-state index in [-0.39, 0.29) is 31.1 Å². The van der Waals surface area contributed by atoms with Crippen LogP contribution in [0.3, 0.4) is 0 Å². The summed E-state index contributed by atoms with van der Waals surface area (Å²) in [5, 5.41) is 0. The van der Waals surface area contributed by atoms with E-state index < -0.39 is 11.5 Å². The number of hydrogen-bond donors (Lipinski definition) is 0. The van der Waals surface area contributed by atoms with E-state index in [9.17, 15) is 9.59 Å². The number of carbonyl (C=O) groups is 2. The van der Waals surface area contributed by atoms with E-state index >= 15 is 0 Å². The molecule has 0 radical (unpaired) electrons. The number of hydrogen-bond acceptors (Lipinski definition) is 5. The van der Waals surface area contributed by atoms with Crippen LogP contribution in [0.15, 0.2) is 0 Å². The van der Waals surface area contributed by atoms with Crippen LogP contribution in [-0.4, -0.2) is 36.9 Å².